The van der Waals surface area contributed by atoms with Crippen molar-refractivity contribution in [3.8, 4) is 5.75 Å². The highest BCUT2D eigenvalue weighted by Gasteiger charge is 2.12. The molecule has 6 heteroatoms. The fourth-order valence-electron chi connectivity index (χ4n) is 2.31. The summed E-state index contributed by atoms with van der Waals surface area (Å²) in [6, 6.07) is 14.8. The molecule has 0 unspecified atom stereocenters. The van der Waals surface area contributed by atoms with Gasteiger partial charge in [-0.1, -0.05) is 26.0 Å². The molecule has 0 atom stereocenters. The van der Waals surface area contributed by atoms with Crippen LogP contribution in [-0.4, -0.2) is 10.9 Å². The van der Waals surface area contributed by atoms with E-state index in [-0.39, 0.29) is 18.3 Å². The molecule has 0 aliphatic rings. The standard InChI is InChI=1S/C20H19BrN2O3/c1-13(2)14-3-6-16(7-4-14)25-12-17-8-9-18(26-17)20(24)23-19-10-5-15(21)11-22-19/h3-11,13H,12H2,1-2H3,(H,22,23,24). The lowest BCUT2D eigenvalue weighted by atomic mass is 10.0. The molecule has 0 spiro atoms. The molecule has 0 saturated carbocycles. The summed E-state index contributed by atoms with van der Waals surface area (Å²) in [6.07, 6.45) is 1.61. The molecule has 0 saturated heterocycles. The van der Waals surface area contributed by atoms with Crippen LogP contribution in [0, 0.1) is 0 Å². The highest BCUT2D eigenvalue weighted by Crippen LogP contribution is 2.20. The average molecular weight is 415 g/mol. The molecule has 0 radical (unpaired) electrons. The molecular weight excluding hydrogens is 396 g/mol. The lowest BCUT2D eigenvalue weighted by Crippen LogP contribution is -2.11. The molecule has 0 bridgehead atoms. The Hall–Kier alpha value is -2.60. The van der Waals surface area contributed by atoms with Crippen LogP contribution in [0.4, 0.5) is 5.82 Å². The van der Waals surface area contributed by atoms with E-state index in [0.717, 1.165) is 10.2 Å². The van der Waals surface area contributed by atoms with E-state index in [2.05, 4.69) is 40.1 Å². The van der Waals surface area contributed by atoms with Crippen LogP contribution in [-0.2, 0) is 6.61 Å². The van der Waals surface area contributed by atoms with Gasteiger partial charge in [-0.3, -0.25) is 4.79 Å². The van der Waals surface area contributed by atoms with Crippen molar-refractivity contribution in [1.29, 1.82) is 0 Å². The van der Waals surface area contributed by atoms with E-state index in [1.807, 2.05) is 24.3 Å². The number of rotatable bonds is 6. The number of ether oxygens (including phenoxy) is 1. The van der Waals surface area contributed by atoms with Crippen molar-refractivity contribution in [3.05, 3.63) is 76.3 Å². The van der Waals surface area contributed by atoms with E-state index in [1.54, 1.807) is 30.5 Å². The van der Waals surface area contributed by atoms with Gasteiger partial charge in [-0.05, 0) is 63.8 Å². The molecule has 0 aliphatic carbocycles. The van der Waals surface area contributed by atoms with Crippen molar-refractivity contribution in [3.63, 3.8) is 0 Å². The Morgan fingerprint density at radius 2 is 1.92 bits per heavy atom. The molecule has 0 aliphatic heterocycles. The fraction of sp³-hybridized carbons (Fsp3) is 0.200. The Morgan fingerprint density at radius 1 is 1.15 bits per heavy atom. The summed E-state index contributed by atoms with van der Waals surface area (Å²) in [5.74, 6) is 2.13. The minimum Gasteiger partial charge on any atom is -0.486 e. The number of carbonyl (C=O) groups excluding carboxylic acids is 1. The van der Waals surface area contributed by atoms with Crippen molar-refractivity contribution in [1.82, 2.24) is 4.98 Å². The van der Waals surface area contributed by atoms with E-state index >= 15 is 0 Å². The molecule has 1 N–H and O–H groups in total. The first-order valence-corrected chi connectivity index (χ1v) is 9.05. The van der Waals surface area contributed by atoms with Gasteiger partial charge >= 0.3 is 0 Å². The van der Waals surface area contributed by atoms with E-state index in [9.17, 15) is 4.79 Å². The number of aromatic nitrogens is 1. The highest BCUT2D eigenvalue weighted by molar-refractivity contribution is 9.10. The number of anilines is 1. The smallest absolute Gasteiger partial charge is 0.292 e. The third-order valence-electron chi connectivity index (χ3n) is 3.78. The second kappa shape index (κ2) is 8.19. The third-order valence-corrected chi connectivity index (χ3v) is 4.25. The van der Waals surface area contributed by atoms with Crippen LogP contribution in [0.25, 0.3) is 0 Å². The van der Waals surface area contributed by atoms with Gasteiger partial charge in [0.25, 0.3) is 5.91 Å². The van der Waals surface area contributed by atoms with Gasteiger partial charge in [0.1, 0.15) is 23.9 Å². The molecule has 1 aromatic carbocycles. The minimum absolute atomic E-state index is 0.212. The summed E-state index contributed by atoms with van der Waals surface area (Å²) in [5, 5.41) is 2.68. The molecule has 134 valence electrons. The van der Waals surface area contributed by atoms with Crippen LogP contribution in [0.5, 0.6) is 5.75 Å². The van der Waals surface area contributed by atoms with Gasteiger partial charge in [-0.15, -0.1) is 0 Å². The quantitative estimate of drug-likeness (QED) is 0.586. The molecule has 3 aromatic rings. The van der Waals surface area contributed by atoms with Gasteiger partial charge in [0, 0.05) is 10.7 Å². The summed E-state index contributed by atoms with van der Waals surface area (Å²) >= 11 is 3.30. The monoisotopic (exact) mass is 414 g/mol. The molecular formula is C20H19BrN2O3. The number of benzene rings is 1. The van der Waals surface area contributed by atoms with Gasteiger partial charge in [0.15, 0.2) is 5.76 Å². The molecule has 0 fully saturated rings. The number of hydrogen-bond donors (Lipinski definition) is 1. The van der Waals surface area contributed by atoms with Gasteiger partial charge in [-0.25, -0.2) is 4.98 Å². The number of nitrogens with one attached hydrogen (secondary N) is 1. The van der Waals surface area contributed by atoms with Crippen LogP contribution in [0.3, 0.4) is 0 Å². The first kappa shape index (κ1) is 18.2. The maximum absolute atomic E-state index is 12.2. The third kappa shape index (κ3) is 4.73. The van der Waals surface area contributed by atoms with E-state index in [1.165, 1.54) is 5.56 Å². The summed E-state index contributed by atoms with van der Waals surface area (Å²) in [7, 11) is 0. The van der Waals surface area contributed by atoms with Crippen LogP contribution < -0.4 is 10.1 Å². The lowest BCUT2D eigenvalue weighted by molar-refractivity contribution is 0.0992. The first-order chi connectivity index (χ1) is 12.5. The Labute approximate surface area is 160 Å². The normalized spacial score (nSPS) is 10.8. The Kier molecular flexibility index (Phi) is 5.73. The number of pyridine rings is 1. The van der Waals surface area contributed by atoms with Crippen molar-refractivity contribution in [2.45, 2.75) is 26.4 Å². The van der Waals surface area contributed by atoms with Gasteiger partial charge in [0.05, 0.1) is 0 Å². The predicted octanol–water partition coefficient (Wildman–Crippen LogP) is 5.39. The predicted molar refractivity (Wildman–Crippen MR) is 103 cm³/mol. The number of carbonyl (C=O) groups is 1. The molecule has 2 heterocycles. The highest BCUT2D eigenvalue weighted by atomic mass is 79.9. The Bertz CT molecular complexity index is 871. The Balaban J connectivity index is 1.57. The van der Waals surface area contributed by atoms with Crippen molar-refractivity contribution in [2.24, 2.45) is 0 Å². The van der Waals surface area contributed by atoms with Gasteiger partial charge < -0.3 is 14.5 Å². The zero-order chi connectivity index (χ0) is 18.5. The SMILES string of the molecule is CC(C)c1ccc(OCc2ccc(C(=O)Nc3ccc(Br)cn3)o2)cc1. The molecule has 5 nitrogen and oxygen atoms in total. The number of nitrogens with zero attached hydrogens (tertiary/aromatic N) is 1. The van der Waals surface area contributed by atoms with Crippen LogP contribution in [0.15, 0.2) is 63.6 Å². The fourth-order valence-corrected chi connectivity index (χ4v) is 2.54. The maximum atomic E-state index is 12.2. The van der Waals surface area contributed by atoms with Crippen molar-refractivity contribution >= 4 is 27.7 Å². The average Bonchev–Trinajstić information content (AvgIpc) is 3.11. The zero-order valence-electron chi connectivity index (χ0n) is 14.5. The number of hydrogen-bond acceptors (Lipinski definition) is 4. The number of amides is 1. The van der Waals surface area contributed by atoms with Crippen LogP contribution in [0.2, 0.25) is 0 Å². The van der Waals surface area contributed by atoms with Crippen molar-refractivity contribution in [2.75, 3.05) is 5.32 Å². The van der Waals surface area contributed by atoms with Gasteiger partial charge in [0.2, 0.25) is 0 Å². The first-order valence-electron chi connectivity index (χ1n) is 8.25. The molecule has 3 rings (SSSR count). The second-order valence-electron chi connectivity index (χ2n) is 6.09. The zero-order valence-corrected chi connectivity index (χ0v) is 16.1. The summed E-state index contributed by atoms with van der Waals surface area (Å²) in [6.45, 7) is 4.55. The molecule has 1 amide bonds. The van der Waals surface area contributed by atoms with Crippen LogP contribution in [0.1, 0.15) is 41.6 Å². The summed E-state index contributed by atoms with van der Waals surface area (Å²) < 4.78 is 12.1. The topological polar surface area (TPSA) is 64.4 Å². The second-order valence-corrected chi connectivity index (χ2v) is 7.01. The largest absolute Gasteiger partial charge is 0.486 e. The minimum atomic E-state index is -0.354. The summed E-state index contributed by atoms with van der Waals surface area (Å²) in [4.78, 5) is 16.3. The summed E-state index contributed by atoms with van der Waals surface area (Å²) in [5.41, 5.74) is 1.26. The van der Waals surface area contributed by atoms with E-state index in [0.29, 0.717) is 17.5 Å². The van der Waals surface area contributed by atoms with Gasteiger partial charge in [-0.2, -0.15) is 0 Å². The van der Waals surface area contributed by atoms with E-state index in [4.69, 9.17) is 9.15 Å². The molecule has 2 aromatic heterocycles. The Morgan fingerprint density at radius 3 is 2.58 bits per heavy atom. The maximum Gasteiger partial charge on any atom is 0.292 e. The lowest BCUT2D eigenvalue weighted by Gasteiger charge is -2.08. The molecule has 26 heavy (non-hydrogen) atoms. The number of halogens is 1. The van der Waals surface area contributed by atoms with Crippen LogP contribution >= 0.6 is 15.9 Å². The number of furan rings is 1. The van der Waals surface area contributed by atoms with Crippen molar-refractivity contribution < 1.29 is 13.9 Å². The van der Waals surface area contributed by atoms with E-state index < -0.39 is 0 Å².